The van der Waals surface area contributed by atoms with Crippen LogP contribution in [0.4, 0.5) is 0 Å². The van der Waals surface area contributed by atoms with E-state index in [0.29, 0.717) is 18.5 Å². The lowest BCUT2D eigenvalue weighted by molar-refractivity contribution is 0.178. The summed E-state index contributed by atoms with van der Waals surface area (Å²) in [6.07, 6.45) is 4.04. The van der Waals surface area contributed by atoms with E-state index in [1.54, 1.807) is 11.7 Å². The number of para-hydroxylation sites is 1. The van der Waals surface area contributed by atoms with Crippen molar-refractivity contribution in [2.45, 2.75) is 32.0 Å². The van der Waals surface area contributed by atoms with E-state index in [-0.39, 0.29) is 11.6 Å². The summed E-state index contributed by atoms with van der Waals surface area (Å²) >= 11 is 1.47. The maximum absolute atomic E-state index is 13.1. The van der Waals surface area contributed by atoms with Crippen LogP contribution in [0.3, 0.4) is 0 Å². The first-order valence-corrected chi connectivity index (χ1v) is 9.72. The summed E-state index contributed by atoms with van der Waals surface area (Å²) in [5.74, 6) is 0.853. The molecule has 7 heteroatoms. The third-order valence-electron chi connectivity index (χ3n) is 4.94. The van der Waals surface area contributed by atoms with Gasteiger partial charge in [0.25, 0.3) is 5.56 Å². The zero-order valence-corrected chi connectivity index (χ0v) is 15.6. The number of hydrogen-bond acceptors (Lipinski definition) is 6. The molecular formula is C19H22N4O2S. The molecule has 1 atom stereocenters. The summed E-state index contributed by atoms with van der Waals surface area (Å²) in [6.45, 7) is 2.86. The van der Waals surface area contributed by atoms with Crippen LogP contribution in [0.25, 0.3) is 10.9 Å². The highest BCUT2D eigenvalue weighted by atomic mass is 32.1. The number of aromatic nitrogens is 3. The molecule has 0 aliphatic carbocycles. The van der Waals surface area contributed by atoms with Crippen LogP contribution in [0.1, 0.15) is 30.3 Å². The van der Waals surface area contributed by atoms with Gasteiger partial charge in [-0.2, -0.15) is 0 Å². The van der Waals surface area contributed by atoms with Crippen LogP contribution in [0, 0.1) is 0 Å². The molecule has 1 unspecified atom stereocenters. The van der Waals surface area contributed by atoms with E-state index in [9.17, 15) is 4.79 Å². The van der Waals surface area contributed by atoms with Crippen molar-refractivity contribution in [3.8, 4) is 0 Å². The minimum Gasteiger partial charge on any atom is -0.383 e. The molecule has 0 N–H and O–H groups in total. The molecule has 3 aromatic rings. The van der Waals surface area contributed by atoms with Gasteiger partial charge in [-0.3, -0.25) is 14.3 Å². The Bertz CT molecular complexity index is 938. The molecule has 0 amide bonds. The molecule has 3 heterocycles. The Morgan fingerprint density at radius 3 is 3.04 bits per heavy atom. The summed E-state index contributed by atoms with van der Waals surface area (Å²) in [4.78, 5) is 20.4. The van der Waals surface area contributed by atoms with E-state index in [0.717, 1.165) is 37.3 Å². The van der Waals surface area contributed by atoms with Crippen molar-refractivity contribution in [3.63, 3.8) is 0 Å². The maximum Gasteiger partial charge on any atom is 0.261 e. The Kier molecular flexibility index (Phi) is 5.10. The van der Waals surface area contributed by atoms with Gasteiger partial charge >= 0.3 is 0 Å². The van der Waals surface area contributed by atoms with Gasteiger partial charge in [0, 0.05) is 25.2 Å². The van der Waals surface area contributed by atoms with Crippen molar-refractivity contribution in [2.24, 2.45) is 0 Å². The molecular weight excluding hydrogens is 348 g/mol. The Balaban J connectivity index is 1.77. The van der Waals surface area contributed by atoms with Crippen LogP contribution in [0.2, 0.25) is 0 Å². The lowest BCUT2D eigenvalue weighted by Gasteiger charge is -2.26. The van der Waals surface area contributed by atoms with E-state index >= 15 is 0 Å². The van der Waals surface area contributed by atoms with E-state index < -0.39 is 0 Å². The van der Waals surface area contributed by atoms with Gasteiger partial charge in [0.2, 0.25) is 0 Å². The molecule has 2 aromatic heterocycles. The second-order valence-corrected chi connectivity index (χ2v) is 7.26. The largest absolute Gasteiger partial charge is 0.383 e. The van der Waals surface area contributed by atoms with E-state index in [4.69, 9.17) is 9.72 Å². The lowest BCUT2D eigenvalue weighted by atomic mass is 10.1. The maximum atomic E-state index is 13.1. The third kappa shape index (κ3) is 3.30. The average molecular weight is 370 g/mol. The zero-order chi connectivity index (χ0) is 17.9. The zero-order valence-electron chi connectivity index (χ0n) is 14.8. The van der Waals surface area contributed by atoms with Crippen molar-refractivity contribution in [2.75, 3.05) is 20.3 Å². The fraction of sp³-hybridized carbons (Fsp3) is 0.421. The molecule has 0 radical (unpaired) electrons. The van der Waals surface area contributed by atoms with Crippen LogP contribution in [0.15, 0.2) is 40.6 Å². The summed E-state index contributed by atoms with van der Waals surface area (Å²) in [6, 6.07) is 7.73. The Morgan fingerprint density at radius 1 is 1.35 bits per heavy atom. The molecule has 0 bridgehead atoms. The normalized spacial score (nSPS) is 18.0. The first-order valence-electron chi connectivity index (χ1n) is 8.88. The lowest BCUT2D eigenvalue weighted by Crippen LogP contribution is -2.33. The number of nitrogens with zero attached hydrogens (tertiary/aromatic N) is 4. The van der Waals surface area contributed by atoms with Crippen molar-refractivity contribution in [1.29, 1.82) is 0 Å². The summed E-state index contributed by atoms with van der Waals surface area (Å²) in [7, 11) is 1.66. The Morgan fingerprint density at radius 2 is 2.23 bits per heavy atom. The van der Waals surface area contributed by atoms with Gasteiger partial charge in [-0.15, -0.1) is 0 Å². The standard InChI is InChI=1S/C19H22N4O2S/c1-25-10-9-23-18(21-16-6-3-2-5-15(16)19(23)24)17-7-4-8-22(17)12-14-11-20-26-13-14/h2-3,5-6,11,13,17H,4,7-10,12H2,1H3. The van der Waals surface area contributed by atoms with Crippen molar-refractivity contribution in [1.82, 2.24) is 18.8 Å². The first kappa shape index (κ1) is 17.3. The second kappa shape index (κ2) is 7.65. The molecule has 0 saturated carbocycles. The summed E-state index contributed by atoms with van der Waals surface area (Å²) < 4.78 is 11.2. The minimum atomic E-state index is 0.0201. The minimum absolute atomic E-state index is 0.0201. The second-order valence-electron chi connectivity index (χ2n) is 6.60. The van der Waals surface area contributed by atoms with Gasteiger partial charge in [0.05, 0.1) is 30.1 Å². The fourth-order valence-corrected chi connectivity index (χ4v) is 4.21. The number of benzene rings is 1. The molecule has 4 rings (SSSR count). The van der Waals surface area contributed by atoms with Crippen LogP contribution in [0.5, 0.6) is 0 Å². The molecule has 6 nitrogen and oxygen atoms in total. The molecule has 136 valence electrons. The summed E-state index contributed by atoms with van der Waals surface area (Å²) in [5.41, 5.74) is 2.00. The van der Waals surface area contributed by atoms with E-state index in [2.05, 4.69) is 14.7 Å². The predicted molar refractivity (Wildman–Crippen MR) is 102 cm³/mol. The van der Waals surface area contributed by atoms with Crippen LogP contribution in [-0.2, 0) is 17.8 Å². The number of methoxy groups -OCH3 is 1. The smallest absolute Gasteiger partial charge is 0.261 e. The molecule has 1 fully saturated rings. The Hall–Kier alpha value is -2.09. The van der Waals surface area contributed by atoms with E-state index in [1.165, 1.54) is 17.1 Å². The highest BCUT2D eigenvalue weighted by Crippen LogP contribution is 2.32. The van der Waals surface area contributed by atoms with Gasteiger partial charge < -0.3 is 4.74 Å². The third-order valence-corrected chi connectivity index (χ3v) is 5.58. The molecule has 1 aliphatic heterocycles. The summed E-state index contributed by atoms with van der Waals surface area (Å²) in [5, 5.41) is 2.75. The first-order chi connectivity index (χ1) is 12.8. The number of rotatable bonds is 6. The van der Waals surface area contributed by atoms with Crippen LogP contribution < -0.4 is 5.56 Å². The highest BCUT2D eigenvalue weighted by Gasteiger charge is 2.30. The van der Waals surface area contributed by atoms with Gasteiger partial charge in [-0.25, -0.2) is 9.36 Å². The number of fused-ring (bicyclic) bond motifs is 1. The number of hydrogen-bond donors (Lipinski definition) is 0. The quantitative estimate of drug-likeness (QED) is 0.668. The van der Waals surface area contributed by atoms with Crippen LogP contribution >= 0.6 is 11.5 Å². The number of ether oxygens (including phenoxy) is 1. The van der Waals surface area contributed by atoms with Gasteiger partial charge in [0.15, 0.2) is 0 Å². The molecule has 26 heavy (non-hydrogen) atoms. The van der Waals surface area contributed by atoms with Crippen molar-refractivity contribution in [3.05, 3.63) is 57.6 Å². The van der Waals surface area contributed by atoms with Gasteiger partial charge in [0.1, 0.15) is 5.82 Å². The van der Waals surface area contributed by atoms with Crippen molar-refractivity contribution >= 4 is 22.4 Å². The fourth-order valence-electron chi connectivity index (χ4n) is 3.69. The topological polar surface area (TPSA) is 60.2 Å². The highest BCUT2D eigenvalue weighted by molar-refractivity contribution is 7.03. The molecule has 1 aromatic carbocycles. The van der Waals surface area contributed by atoms with Crippen LogP contribution in [-0.4, -0.2) is 39.1 Å². The number of likely N-dealkylation sites (tertiary alicyclic amines) is 1. The predicted octanol–water partition coefficient (Wildman–Crippen LogP) is 2.84. The molecule has 1 aliphatic rings. The van der Waals surface area contributed by atoms with Gasteiger partial charge in [-0.05, 0) is 48.6 Å². The SMILES string of the molecule is COCCn1c(C2CCCN2Cc2cnsc2)nc2ccccc2c1=O. The monoisotopic (exact) mass is 370 g/mol. The van der Waals surface area contributed by atoms with Gasteiger partial charge in [-0.1, -0.05) is 12.1 Å². The average Bonchev–Trinajstić information content (AvgIpc) is 3.33. The van der Waals surface area contributed by atoms with Crippen molar-refractivity contribution < 1.29 is 4.74 Å². The Labute approximate surface area is 156 Å². The molecule has 1 saturated heterocycles. The molecule has 0 spiro atoms. The van der Waals surface area contributed by atoms with E-state index in [1.807, 2.05) is 30.5 Å².